The largest absolute Gasteiger partial charge is 0.486 e. The minimum atomic E-state index is -2.86. The molecule has 0 spiro atoms. The molecule has 0 unspecified atom stereocenters. The highest BCUT2D eigenvalue weighted by molar-refractivity contribution is 5.78. The second-order valence-corrected chi connectivity index (χ2v) is 7.22. The molecule has 0 aliphatic carbocycles. The lowest BCUT2D eigenvalue weighted by Gasteiger charge is -2.28. The summed E-state index contributed by atoms with van der Waals surface area (Å²) < 4.78 is 39.8. The van der Waals surface area contributed by atoms with Crippen LogP contribution in [0.2, 0.25) is 0 Å². The van der Waals surface area contributed by atoms with Gasteiger partial charge in [-0.3, -0.25) is 4.79 Å². The zero-order valence-electron chi connectivity index (χ0n) is 15.8. The summed E-state index contributed by atoms with van der Waals surface area (Å²) in [6, 6.07) is 11.9. The highest BCUT2D eigenvalue weighted by Gasteiger charge is 2.24. The van der Waals surface area contributed by atoms with Gasteiger partial charge in [0.05, 0.1) is 6.42 Å². The van der Waals surface area contributed by atoms with Crippen LogP contribution < -0.4 is 19.5 Å². The summed E-state index contributed by atoms with van der Waals surface area (Å²) in [6.07, 6.45) is 0.159. The maximum atomic E-state index is 12.3. The van der Waals surface area contributed by atoms with E-state index in [1.165, 1.54) is 12.1 Å². The maximum absolute atomic E-state index is 12.3. The lowest BCUT2D eigenvalue weighted by atomic mass is 9.84. The molecule has 2 aromatic carbocycles. The lowest BCUT2D eigenvalue weighted by molar-refractivity contribution is -0.120. The van der Waals surface area contributed by atoms with E-state index >= 15 is 0 Å². The topological polar surface area (TPSA) is 56.8 Å². The van der Waals surface area contributed by atoms with Crippen molar-refractivity contribution in [3.63, 3.8) is 0 Å². The monoisotopic (exact) mass is 391 g/mol. The molecule has 150 valence electrons. The molecule has 1 aliphatic rings. The highest BCUT2D eigenvalue weighted by atomic mass is 19.3. The predicted molar refractivity (Wildman–Crippen MR) is 100 cm³/mol. The number of benzene rings is 2. The number of rotatable bonds is 7. The summed E-state index contributed by atoms with van der Waals surface area (Å²) in [5.74, 6) is 1.37. The van der Waals surface area contributed by atoms with E-state index in [4.69, 9.17) is 9.47 Å². The van der Waals surface area contributed by atoms with Crippen molar-refractivity contribution in [2.24, 2.45) is 0 Å². The molecule has 1 amide bonds. The molecule has 28 heavy (non-hydrogen) atoms. The van der Waals surface area contributed by atoms with Crippen LogP contribution in [0.3, 0.4) is 0 Å². The summed E-state index contributed by atoms with van der Waals surface area (Å²) in [5.41, 5.74) is 1.45. The van der Waals surface area contributed by atoms with Gasteiger partial charge in [0.2, 0.25) is 5.91 Å². The van der Waals surface area contributed by atoms with Crippen LogP contribution in [-0.2, 0) is 16.6 Å². The van der Waals surface area contributed by atoms with Crippen LogP contribution >= 0.6 is 0 Å². The Balaban J connectivity index is 1.56. The number of ether oxygens (including phenoxy) is 3. The molecule has 0 saturated carbocycles. The average molecular weight is 391 g/mol. The minimum absolute atomic E-state index is 0.0684. The fourth-order valence-corrected chi connectivity index (χ4v) is 2.92. The van der Waals surface area contributed by atoms with Gasteiger partial charge in [-0.2, -0.15) is 8.78 Å². The zero-order valence-corrected chi connectivity index (χ0v) is 15.8. The lowest BCUT2D eigenvalue weighted by Crippen LogP contribution is -2.37. The first-order chi connectivity index (χ1) is 13.3. The van der Waals surface area contributed by atoms with Crippen molar-refractivity contribution in [2.75, 3.05) is 19.8 Å². The first kappa shape index (κ1) is 19.9. The van der Waals surface area contributed by atoms with E-state index < -0.39 is 6.61 Å². The van der Waals surface area contributed by atoms with Crippen molar-refractivity contribution < 1.29 is 27.8 Å². The van der Waals surface area contributed by atoms with Crippen LogP contribution in [0.15, 0.2) is 42.5 Å². The number of nitrogens with one attached hydrogen (secondary N) is 1. The van der Waals surface area contributed by atoms with Gasteiger partial charge in [0.15, 0.2) is 11.5 Å². The quantitative estimate of drug-likeness (QED) is 0.782. The van der Waals surface area contributed by atoms with Crippen LogP contribution in [0.5, 0.6) is 17.2 Å². The summed E-state index contributed by atoms with van der Waals surface area (Å²) in [4.78, 5) is 12.3. The number of hydrogen-bond donors (Lipinski definition) is 1. The maximum Gasteiger partial charge on any atom is 0.387 e. The predicted octanol–water partition coefficient (Wildman–Crippen LogP) is 3.70. The molecule has 3 rings (SSSR count). The normalized spacial score (nSPS) is 13.3. The van der Waals surface area contributed by atoms with Crippen LogP contribution in [0.4, 0.5) is 8.78 Å². The third-order valence-corrected chi connectivity index (χ3v) is 4.56. The molecular formula is C21H23F2NO4. The van der Waals surface area contributed by atoms with E-state index in [0.717, 1.165) is 16.9 Å². The Morgan fingerprint density at radius 2 is 1.79 bits per heavy atom. The molecule has 7 heteroatoms. The van der Waals surface area contributed by atoms with Gasteiger partial charge in [-0.25, -0.2) is 0 Å². The molecule has 0 radical (unpaired) electrons. The summed E-state index contributed by atoms with van der Waals surface area (Å²) in [6.45, 7) is 2.72. The molecule has 0 saturated heterocycles. The van der Waals surface area contributed by atoms with Crippen molar-refractivity contribution in [3.05, 3.63) is 53.6 Å². The van der Waals surface area contributed by atoms with Gasteiger partial charge in [0.25, 0.3) is 0 Å². The van der Waals surface area contributed by atoms with Crippen LogP contribution in [0.25, 0.3) is 0 Å². The number of carbonyl (C=O) groups excluding carboxylic acids is 1. The fraction of sp³-hybridized carbons (Fsp3) is 0.381. The molecule has 2 aromatic rings. The highest BCUT2D eigenvalue weighted by Crippen LogP contribution is 2.34. The van der Waals surface area contributed by atoms with Crippen LogP contribution in [0, 0.1) is 0 Å². The Bertz CT molecular complexity index is 822. The smallest absolute Gasteiger partial charge is 0.387 e. The average Bonchev–Trinajstić information content (AvgIpc) is 2.67. The fourth-order valence-electron chi connectivity index (χ4n) is 2.92. The number of hydrogen-bond acceptors (Lipinski definition) is 4. The Morgan fingerprint density at radius 1 is 1.11 bits per heavy atom. The standard InChI is InChI=1S/C21H23F2NO4/c1-21(2,15-5-8-17-18(12-15)27-10-9-26-17)13-24-19(25)11-14-3-6-16(7-4-14)28-20(22)23/h3-8,12,20H,9-11,13H2,1-2H3,(H,24,25). The summed E-state index contributed by atoms with van der Waals surface area (Å²) >= 11 is 0. The number of alkyl halides is 2. The van der Waals surface area contributed by atoms with Gasteiger partial charge in [-0.1, -0.05) is 32.0 Å². The molecule has 1 heterocycles. The van der Waals surface area contributed by atoms with Gasteiger partial charge >= 0.3 is 6.61 Å². The van der Waals surface area contributed by atoms with Gasteiger partial charge < -0.3 is 19.5 Å². The minimum Gasteiger partial charge on any atom is -0.486 e. The third-order valence-electron chi connectivity index (χ3n) is 4.56. The SMILES string of the molecule is CC(C)(CNC(=O)Cc1ccc(OC(F)F)cc1)c1ccc2c(c1)OCCO2. The number of amides is 1. The molecular weight excluding hydrogens is 368 g/mol. The molecule has 1 N–H and O–H groups in total. The first-order valence-corrected chi connectivity index (χ1v) is 9.04. The molecule has 0 fully saturated rings. The Hall–Kier alpha value is -2.83. The van der Waals surface area contributed by atoms with Gasteiger partial charge in [-0.05, 0) is 35.4 Å². The number of carbonyl (C=O) groups is 1. The first-order valence-electron chi connectivity index (χ1n) is 9.04. The van der Waals surface area contributed by atoms with Gasteiger partial charge in [-0.15, -0.1) is 0 Å². The van der Waals surface area contributed by atoms with Gasteiger partial charge in [0.1, 0.15) is 19.0 Å². The van der Waals surface area contributed by atoms with E-state index in [2.05, 4.69) is 10.1 Å². The van der Waals surface area contributed by atoms with Crippen molar-refractivity contribution in [1.82, 2.24) is 5.32 Å². The Kier molecular flexibility index (Phi) is 6.02. The van der Waals surface area contributed by atoms with E-state index in [9.17, 15) is 13.6 Å². The Morgan fingerprint density at radius 3 is 2.46 bits per heavy atom. The number of halogens is 2. The van der Waals surface area contributed by atoms with E-state index in [-0.39, 0.29) is 23.5 Å². The second kappa shape index (κ2) is 8.46. The molecule has 0 aromatic heterocycles. The third kappa shape index (κ3) is 5.12. The zero-order chi connectivity index (χ0) is 20.1. The Labute approximate surface area is 162 Å². The molecule has 0 atom stereocenters. The van der Waals surface area contributed by atoms with Crippen molar-refractivity contribution in [1.29, 1.82) is 0 Å². The van der Waals surface area contributed by atoms with Crippen molar-refractivity contribution >= 4 is 5.91 Å². The van der Waals surface area contributed by atoms with E-state index in [0.29, 0.717) is 25.5 Å². The van der Waals surface area contributed by atoms with Gasteiger partial charge in [0, 0.05) is 12.0 Å². The molecule has 0 bridgehead atoms. The summed E-state index contributed by atoms with van der Waals surface area (Å²) in [7, 11) is 0. The van der Waals surface area contributed by atoms with Crippen LogP contribution in [0.1, 0.15) is 25.0 Å². The number of fused-ring (bicyclic) bond motifs is 1. The van der Waals surface area contributed by atoms with E-state index in [1.807, 2.05) is 32.0 Å². The van der Waals surface area contributed by atoms with Crippen molar-refractivity contribution in [3.8, 4) is 17.2 Å². The molecule has 1 aliphatic heterocycles. The van der Waals surface area contributed by atoms with E-state index in [1.54, 1.807) is 12.1 Å². The van der Waals surface area contributed by atoms with Crippen molar-refractivity contribution in [2.45, 2.75) is 32.3 Å². The summed E-state index contributed by atoms with van der Waals surface area (Å²) in [5, 5.41) is 2.93. The van der Waals surface area contributed by atoms with Crippen LogP contribution in [-0.4, -0.2) is 32.3 Å². The molecule has 5 nitrogen and oxygen atoms in total. The second-order valence-electron chi connectivity index (χ2n) is 7.22.